The van der Waals surface area contributed by atoms with Crippen molar-refractivity contribution in [3.05, 3.63) is 34.9 Å². The number of rotatable bonds is 1. The molecule has 0 fully saturated rings. The van der Waals surface area contributed by atoms with E-state index in [0.717, 1.165) is 0 Å². The van der Waals surface area contributed by atoms with E-state index in [-0.39, 0.29) is 0 Å². The van der Waals surface area contributed by atoms with Crippen molar-refractivity contribution in [3.8, 4) is 0 Å². The first-order valence-electron chi connectivity index (χ1n) is 5.02. The molecule has 2 rings (SSSR count). The zero-order valence-electron chi connectivity index (χ0n) is 8.09. The Labute approximate surface area is 89.6 Å². The van der Waals surface area contributed by atoms with E-state index < -0.39 is 0 Å². The molecule has 0 radical (unpaired) electrons. The first-order chi connectivity index (χ1) is 6.77. The number of hydrogen-bond donors (Lipinski definition) is 1. The molecule has 0 spiro atoms. The normalized spacial score (nSPS) is 16.5. The van der Waals surface area contributed by atoms with Gasteiger partial charge in [0.1, 0.15) is 0 Å². The molecule has 1 nitrogen and oxygen atoms in total. The van der Waals surface area contributed by atoms with Gasteiger partial charge in [0.15, 0.2) is 0 Å². The number of hydrogen-bond acceptors (Lipinski definition) is 1. The second-order valence-electron chi connectivity index (χ2n) is 3.71. The van der Waals surface area contributed by atoms with Crippen LogP contribution >= 0.6 is 11.6 Å². The molecule has 1 aromatic carbocycles. The summed E-state index contributed by atoms with van der Waals surface area (Å²) in [5, 5.41) is 0.644. The van der Waals surface area contributed by atoms with Crippen LogP contribution in [0.1, 0.15) is 31.2 Å². The molecule has 0 heterocycles. The summed E-state index contributed by atoms with van der Waals surface area (Å²) >= 11 is 5.88. The number of anilines is 1. The molecule has 2 heteroatoms. The predicted octanol–water partition coefficient (Wildman–Crippen LogP) is 3.88. The van der Waals surface area contributed by atoms with Gasteiger partial charge in [-0.3, -0.25) is 0 Å². The molecule has 74 valence electrons. The quantitative estimate of drug-likeness (QED) is 0.695. The maximum atomic E-state index is 5.88. The summed E-state index contributed by atoms with van der Waals surface area (Å²) in [7, 11) is 0. The van der Waals surface area contributed by atoms with Gasteiger partial charge in [-0.05, 0) is 49.0 Å². The van der Waals surface area contributed by atoms with Crippen molar-refractivity contribution < 1.29 is 0 Å². The number of benzene rings is 1. The molecular weight excluding hydrogens is 194 g/mol. The number of nitrogen functional groups attached to an aromatic ring is 1. The average molecular weight is 208 g/mol. The van der Waals surface area contributed by atoms with Crippen LogP contribution in [0.25, 0.3) is 5.57 Å². The Bertz CT molecular complexity index is 369. The van der Waals surface area contributed by atoms with Crippen molar-refractivity contribution in [2.45, 2.75) is 25.7 Å². The van der Waals surface area contributed by atoms with Gasteiger partial charge >= 0.3 is 0 Å². The van der Waals surface area contributed by atoms with E-state index >= 15 is 0 Å². The second-order valence-corrected chi connectivity index (χ2v) is 4.12. The summed E-state index contributed by atoms with van der Waals surface area (Å²) in [6, 6.07) is 5.90. The van der Waals surface area contributed by atoms with E-state index in [1.165, 1.54) is 36.8 Å². The smallest absolute Gasteiger partial charge is 0.0635 e. The minimum Gasteiger partial charge on any atom is -0.398 e. The van der Waals surface area contributed by atoms with Crippen LogP contribution in [0.15, 0.2) is 24.3 Å². The van der Waals surface area contributed by atoms with E-state index in [4.69, 9.17) is 17.3 Å². The molecule has 0 bridgehead atoms. The Balaban J connectivity index is 2.32. The minimum absolute atomic E-state index is 0.644. The van der Waals surface area contributed by atoms with Gasteiger partial charge in [-0.15, -0.1) is 0 Å². The summed E-state index contributed by atoms with van der Waals surface area (Å²) in [5.74, 6) is 0. The van der Waals surface area contributed by atoms with Crippen LogP contribution in [0.5, 0.6) is 0 Å². The third kappa shape index (κ3) is 1.93. The number of halogens is 1. The highest BCUT2D eigenvalue weighted by molar-refractivity contribution is 6.33. The second kappa shape index (κ2) is 4.05. The fourth-order valence-corrected chi connectivity index (χ4v) is 1.96. The average Bonchev–Trinajstić information content (AvgIpc) is 2.23. The zero-order chi connectivity index (χ0) is 9.97. The van der Waals surface area contributed by atoms with Gasteiger partial charge in [0.05, 0.1) is 10.7 Å². The van der Waals surface area contributed by atoms with Crippen LogP contribution in [0.4, 0.5) is 5.69 Å². The van der Waals surface area contributed by atoms with E-state index in [1.54, 1.807) is 0 Å². The van der Waals surface area contributed by atoms with E-state index in [2.05, 4.69) is 12.1 Å². The molecule has 1 aliphatic carbocycles. The van der Waals surface area contributed by atoms with Crippen molar-refractivity contribution in [2.75, 3.05) is 5.73 Å². The summed E-state index contributed by atoms with van der Waals surface area (Å²) < 4.78 is 0. The fourth-order valence-electron chi connectivity index (χ4n) is 1.84. The van der Waals surface area contributed by atoms with Crippen molar-refractivity contribution in [2.24, 2.45) is 0 Å². The molecule has 1 aromatic rings. The van der Waals surface area contributed by atoms with Gasteiger partial charge in [0.25, 0.3) is 0 Å². The molecule has 2 N–H and O–H groups in total. The third-order valence-electron chi connectivity index (χ3n) is 2.66. The molecule has 0 saturated heterocycles. The third-order valence-corrected chi connectivity index (χ3v) is 3.00. The first kappa shape index (κ1) is 9.60. The van der Waals surface area contributed by atoms with Gasteiger partial charge in [-0.2, -0.15) is 0 Å². The monoisotopic (exact) mass is 207 g/mol. The van der Waals surface area contributed by atoms with Gasteiger partial charge in [-0.25, -0.2) is 0 Å². The van der Waals surface area contributed by atoms with Crippen LogP contribution < -0.4 is 5.73 Å². The Morgan fingerprint density at radius 2 is 2.07 bits per heavy atom. The molecule has 0 aliphatic heterocycles. The van der Waals surface area contributed by atoms with Gasteiger partial charge in [0.2, 0.25) is 0 Å². The Kier molecular flexibility index (Phi) is 2.78. The highest BCUT2D eigenvalue weighted by Gasteiger charge is 2.07. The molecular formula is C12H14ClN. The highest BCUT2D eigenvalue weighted by Crippen LogP contribution is 2.29. The largest absolute Gasteiger partial charge is 0.398 e. The summed E-state index contributed by atoms with van der Waals surface area (Å²) in [6.07, 6.45) is 7.27. The lowest BCUT2D eigenvalue weighted by molar-refractivity contribution is 0.742. The number of nitrogens with two attached hydrogens (primary N) is 1. The van der Waals surface area contributed by atoms with Crippen LogP contribution in [0.2, 0.25) is 5.02 Å². The Morgan fingerprint density at radius 3 is 2.71 bits per heavy atom. The van der Waals surface area contributed by atoms with Gasteiger partial charge in [0, 0.05) is 0 Å². The molecule has 0 unspecified atom stereocenters. The topological polar surface area (TPSA) is 26.0 Å². The fraction of sp³-hybridized carbons (Fsp3) is 0.333. The molecule has 0 aromatic heterocycles. The van der Waals surface area contributed by atoms with Crippen LogP contribution in [0, 0.1) is 0 Å². The van der Waals surface area contributed by atoms with Crippen molar-refractivity contribution in [1.82, 2.24) is 0 Å². The Hall–Kier alpha value is -0.950. The summed E-state index contributed by atoms with van der Waals surface area (Å²) in [5.41, 5.74) is 9.09. The molecule has 14 heavy (non-hydrogen) atoms. The van der Waals surface area contributed by atoms with Crippen LogP contribution in [-0.2, 0) is 0 Å². The van der Waals surface area contributed by atoms with E-state index in [1.807, 2.05) is 12.1 Å². The standard InChI is InChI=1S/C12H14ClN/c13-11-7-6-10(8-12(11)14)9-4-2-1-3-5-9/h4,6-8H,1-3,5,14H2. The number of allylic oxidation sites excluding steroid dienone is 2. The highest BCUT2D eigenvalue weighted by atomic mass is 35.5. The van der Waals surface area contributed by atoms with Crippen LogP contribution in [0.3, 0.4) is 0 Å². The minimum atomic E-state index is 0.644. The maximum Gasteiger partial charge on any atom is 0.0635 e. The van der Waals surface area contributed by atoms with E-state index in [9.17, 15) is 0 Å². The first-order valence-corrected chi connectivity index (χ1v) is 5.39. The SMILES string of the molecule is Nc1cc(C2=CCCCC2)ccc1Cl. The van der Waals surface area contributed by atoms with Crippen LogP contribution in [-0.4, -0.2) is 0 Å². The van der Waals surface area contributed by atoms with Gasteiger partial charge in [-0.1, -0.05) is 23.7 Å². The van der Waals surface area contributed by atoms with Gasteiger partial charge < -0.3 is 5.73 Å². The molecule has 1 aliphatic rings. The molecule has 0 atom stereocenters. The lowest BCUT2D eigenvalue weighted by atomic mass is 9.93. The van der Waals surface area contributed by atoms with E-state index in [0.29, 0.717) is 10.7 Å². The molecule has 0 saturated carbocycles. The van der Waals surface area contributed by atoms with Crippen molar-refractivity contribution in [3.63, 3.8) is 0 Å². The zero-order valence-corrected chi connectivity index (χ0v) is 8.85. The van der Waals surface area contributed by atoms with Crippen molar-refractivity contribution in [1.29, 1.82) is 0 Å². The molecule has 0 amide bonds. The summed E-state index contributed by atoms with van der Waals surface area (Å²) in [4.78, 5) is 0. The lowest BCUT2D eigenvalue weighted by Gasteiger charge is -2.13. The lowest BCUT2D eigenvalue weighted by Crippen LogP contribution is -1.94. The predicted molar refractivity (Wildman–Crippen MR) is 62.3 cm³/mol. The maximum absolute atomic E-state index is 5.88. The van der Waals surface area contributed by atoms with Crippen molar-refractivity contribution >= 4 is 22.9 Å². The Morgan fingerprint density at radius 1 is 1.21 bits per heavy atom. The summed E-state index contributed by atoms with van der Waals surface area (Å²) in [6.45, 7) is 0.